The Labute approximate surface area is 225 Å². The molecule has 2 aromatic rings. The van der Waals surface area contributed by atoms with Gasteiger partial charge in [-0.25, -0.2) is 12.8 Å². The summed E-state index contributed by atoms with van der Waals surface area (Å²) < 4.78 is 153. The SMILES string of the molecule is CC(C)(C)Oc1cc(OS(=O)(=O)C(F)(F)F)cc(N2CCN(S(=O)(=O)Cc3ccc(F)cc3)C[C@H]2C(F)(F)F)n1. The first-order valence-electron chi connectivity index (χ1n) is 11.3. The van der Waals surface area contributed by atoms with E-state index in [9.17, 15) is 47.6 Å². The predicted molar refractivity (Wildman–Crippen MR) is 128 cm³/mol. The van der Waals surface area contributed by atoms with Crippen LogP contribution in [-0.2, 0) is 25.9 Å². The third kappa shape index (κ3) is 7.87. The molecular formula is C22H24F7N3O6S2. The molecule has 0 amide bonds. The van der Waals surface area contributed by atoms with Crippen LogP contribution in [0.4, 0.5) is 36.6 Å². The van der Waals surface area contributed by atoms with E-state index in [2.05, 4.69) is 9.17 Å². The maximum Gasteiger partial charge on any atom is 0.534 e. The van der Waals surface area contributed by atoms with Gasteiger partial charge in [0.05, 0.1) is 5.75 Å². The summed E-state index contributed by atoms with van der Waals surface area (Å²) in [5.41, 5.74) is -6.75. The van der Waals surface area contributed by atoms with Crippen molar-refractivity contribution in [1.82, 2.24) is 9.29 Å². The van der Waals surface area contributed by atoms with Crippen molar-refractivity contribution in [2.45, 2.75) is 49.9 Å². The quantitative estimate of drug-likeness (QED) is 0.257. The summed E-state index contributed by atoms with van der Waals surface area (Å²) >= 11 is 0. The molecule has 1 aliphatic heterocycles. The van der Waals surface area contributed by atoms with Crippen LogP contribution in [0, 0.1) is 5.82 Å². The number of ether oxygens (including phenoxy) is 1. The van der Waals surface area contributed by atoms with Crippen molar-refractivity contribution in [1.29, 1.82) is 0 Å². The smallest absolute Gasteiger partial charge is 0.472 e. The van der Waals surface area contributed by atoms with Crippen molar-refractivity contribution in [3.05, 3.63) is 47.8 Å². The second-order valence-corrected chi connectivity index (χ2v) is 13.2. The lowest BCUT2D eigenvalue weighted by Gasteiger charge is -2.42. The minimum Gasteiger partial charge on any atom is -0.472 e. The first-order valence-corrected chi connectivity index (χ1v) is 14.4. The highest BCUT2D eigenvalue weighted by Gasteiger charge is 2.50. The zero-order chi connectivity index (χ0) is 30.3. The van der Waals surface area contributed by atoms with Crippen molar-refractivity contribution in [2.75, 3.05) is 24.5 Å². The molecule has 1 aliphatic rings. The Balaban J connectivity index is 1.99. The molecule has 2 heterocycles. The van der Waals surface area contributed by atoms with E-state index in [0.29, 0.717) is 21.3 Å². The highest BCUT2D eigenvalue weighted by atomic mass is 32.2. The number of hydrogen-bond donors (Lipinski definition) is 0. The number of aromatic nitrogens is 1. The lowest BCUT2D eigenvalue weighted by Crippen LogP contribution is -2.60. The van der Waals surface area contributed by atoms with Gasteiger partial charge in [-0.05, 0) is 38.5 Å². The average Bonchev–Trinajstić information content (AvgIpc) is 2.77. The highest BCUT2D eigenvalue weighted by Crippen LogP contribution is 2.36. The van der Waals surface area contributed by atoms with Crippen molar-refractivity contribution in [2.24, 2.45) is 0 Å². The topological polar surface area (TPSA) is 106 Å². The number of alkyl halides is 6. The molecular weight excluding hydrogens is 599 g/mol. The van der Waals surface area contributed by atoms with E-state index in [0.717, 1.165) is 12.1 Å². The van der Waals surface area contributed by atoms with E-state index in [1.807, 2.05) is 0 Å². The molecule has 0 aliphatic carbocycles. The first-order chi connectivity index (χ1) is 18.1. The fourth-order valence-electron chi connectivity index (χ4n) is 3.65. The standard InChI is InChI=1S/C22H24F7N3O6S2/c1-20(2,3)37-19-11-16(38-40(35,36)22(27,28)29)10-18(30-19)32-9-8-31(12-17(32)21(24,25)26)39(33,34)13-14-4-6-15(23)7-5-14/h4-7,10-11,17H,8-9,12-13H2,1-3H3/t17-/m0/s1. The van der Waals surface area contributed by atoms with Gasteiger partial charge >= 0.3 is 21.8 Å². The molecule has 3 rings (SSSR count). The van der Waals surface area contributed by atoms with Gasteiger partial charge in [0.1, 0.15) is 23.3 Å². The minimum absolute atomic E-state index is 0.133. The van der Waals surface area contributed by atoms with Gasteiger partial charge in [0, 0.05) is 31.8 Å². The van der Waals surface area contributed by atoms with Crippen LogP contribution in [-0.4, -0.2) is 69.1 Å². The van der Waals surface area contributed by atoms with Crippen LogP contribution >= 0.6 is 0 Å². The molecule has 1 atom stereocenters. The number of anilines is 1. The number of rotatable bonds is 7. The van der Waals surface area contributed by atoms with Gasteiger partial charge in [-0.1, -0.05) is 12.1 Å². The Hall–Kier alpha value is -2.86. The third-order valence-corrected chi connectivity index (χ3v) is 8.13. The van der Waals surface area contributed by atoms with Crippen LogP contribution in [0.5, 0.6) is 11.6 Å². The first kappa shape index (κ1) is 31.7. The molecule has 1 aromatic carbocycles. The molecule has 0 unspecified atom stereocenters. The number of sulfonamides is 1. The molecule has 1 fully saturated rings. The molecule has 40 heavy (non-hydrogen) atoms. The van der Waals surface area contributed by atoms with Gasteiger partial charge in [0.15, 0.2) is 5.75 Å². The number of piperazine rings is 1. The van der Waals surface area contributed by atoms with Crippen LogP contribution in [0.2, 0.25) is 0 Å². The van der Waals surface area contributed by atoms with E-state index in [1.165, 1.54) is 32.9 Å². The van der Waals surface area contributed by atoms with Gasteiger partial charge in [-0.15, -0.1) is 0 Å². The summed E-state index contributed by atoms with van der Waals surface area (Å²) in [5, 5.41) is 0. The summed E-state index contributed by atoms with van der Waals surface area (Å²) in [7, 11) is -10.5. The summed E-state index contributed by atoms with van der Waals surface area (Å²) in [6.45, 7) is 2.26. The molecule has 0 saturated carbocycles. The summed E-state index contributed by atoms with van der Waals surface area (Å²) in [6.07, 6.45) is -5.06. The molecule has 0 bridgehead atoms. The molecule has 18 heteroatoms. The number of halogens is 7. The van der Waals surface area contributed by atoms with Crippen molar-refractivity contribution < 1.29 is 56.5 Å². The average molecular weight is 624 g/mol. The summed E-state index contributed by atoms with van der Waals surface area (Å²) in [6, 6.07) is 3.03. The van der Waals surface area contributed by atoms with Crippen LogP contribution in [0.1, 0.15) is 26.3 Å². The largest absolute Gasteiger partial charge is 0.534 e. The Kier molecular flexibility index (Phi) is 8.59. The zero-order valence-corrected chi connectivity index (χ0v) is 22.8. The molecule has 0 N–H and O–H groups in total. The Morgan fingerprint density at radius 3 is 2.08 bits per heavy atom. The lowest BCUT2D eigenvalue weighted by molar-refractivity contribution is -0.153. The van der Waals surface area contributed by atoms with E-state index in [-0.39, 0.29) is 5.56 Å². The fourth-order valence-corrected chi connectivity index (χ4v) is 5.62. The molecule has 224 valence electrons. The van der Waals surface area contributed by atoms with Crippen molar-refractivity contribution in [3.63, 3.8) is 0 Å². The molecule has 0 radical (unpaired) electrons. The second kappa shape index (κ2) is 10.8. The van der Waals surface area contributed by atoms with Gasteiger partial charge in [0.25, 0.3) is 0 Å². The van der Waals surface area contributed by atoms with Crippen LogP contribution in [0.25, 0.3) is 0 Å². The summed E-state index contributed by atoms with van der Waals surface area (Å²) in [5.74, 6) is -3.56. The number of hydrogen-bond acceptors (Lipinski definition) is 8. The maximum atomic E-state index is 14.2. The van der Waals surface area contributed by atoms with E-state index < -0.39 is 92.1 Å². The van der Waals surface area contributed by atoms with Gasteiger partial charge in [-0.3, -0.25) is 0 Å². The minimum atomic E-state index is -6.20. The normalized spacial score (nSPS) is 18.1. The third-order valence-electron chi connectivity index (χ3n) is 5.33. The molecule has 0 spiro atoms. The van der Waals surface area contributed by atoms with Crippen LogP contribution in [0.15, 0.2) is 36.4 Å². The number of benzene rings is 1. The molecule has 9 nitrogen and oxygen atoms in total. The Morgan fingerprint density at radius 2 is 1.55 bits per heavy atom. The van der Waals surface area contributed by atoms with Crippen molar-refractivity contribution >= 4 is 26.0 Å². The maximum absolute atomic E-state index is 14.2. The molecule has 1 aromatic heterocycles. The molecule has 1 saturated heterocycles. The van der Waals surface area contributed by atoms with E-state index >= 15 is 0 Å². The van der Waals surface area contributed by atoms with E-state index in [4.69, 9.17) is 4.74 Å². The van der Waals surface area contributed by atoms with Crippen LogP contribution < -0.4 is 13.8 Å². The summed E-state index contributed by atoms with van der Waals surface area (Å²) in [4.78, 5) is 4.48. The Morgan fingerprint density at radius 1 is 0.950 bits per heavy atom. The number of nitrogens with zero attached hydrogens (tertiary/aromatic N) is 3. The highest BCUT2D eigenvalue weighted by molar-refractivity contribution is 7.88. The Bertz CT molecular complexity index is 1420. The lowest BCUT2D eigenvalue weighted by atomic mass is 10.1. The van der Waals surface area contributed by atoms with Crippen LogP contribution in [0.3, 0.4) is 0 Å². The van der Waals surface area contributed by atoms with Crippen molar-refractivity contribution in [3.8, 4) is 11.6 Å². The second-order valence-electron chi connectivity index (χ2n) is 9.69. The van der Waals surface area contributed by atoms with Gasteiger partial charge in [-0.2, -0.15) is 44.0 Å². The fraction of sp³-hybridized carbons (Fsp3) is 0.500. The number of pyridine rings is 1. The zero-order valence-electron chi connectivity index (χ0n) is 21.1. The predicted octanol–water partition coefficient (Wildman–Crippen LogP) is 4.21. The van der Waals surface area contributed by atoms with Gasteiger partial charge < -0.3 is 13.8 Å². The monoisotopic (exact) mass is 623 g/mol. The van der Waals surface area contributed by atoms with Gasteiger partial charge in [0.2, 0.25) is 15.9 Å². The van der Waals surface area contributed by atoms with E-state index in [1.54, 1.807) is 0 Å².